The molecule has 1 saturated heterocycles. The Hall–Kier alpha value is -1.63. The standard InChI is InChI=1S/C14H21N3O3S/c1-2-3-7-15-14(18)13-5-4-11(9-16-13)17-12-6-8-21(19,20)10-12/h4-5,9,12,17H,2-3,6-8,10H2,1H3,(H,15,18). The molecule has 1 fully saturated rings. The number of sulfone groups is 1. The summed E-state index contributed by atoms with van der Waals surface area (Å²) in [6, 6.07) is 3.33. The van der Waals surface area contributed by atoms with Crippen LogP contribution < -0.4 is 10.6 Å². The predicted octanol–water partition coefficient (Wildman–Crippen LogP) is 1.21. The van der Waals surface area contributed by atoms with Crippen molar-refractivity contribution in [2.75, 3.05) is 23.4 Å². The van der Waals surface area contributed by atoms with Crippen molar-refractivity contribution in [2.45, 2.75) is 32.2 Å². The van der Waals surface area contributed by atoms with Crippen molar-refractivity contribution in [1.29, 1.82) is 0 Å². The molecule has 1 unspecified atom stereocenters. The van der Waals surface area contributed by atoms with Gasteiger partial charge in [0.2, 0.25) is 0 Å². The van der Waals surface area contributed by atoms with Gasteiger partial charge in [-0.15, -0.1) is 0 Å². The topological polar surface area (TPSA) is 88.2 Å². The molecule has 0 radical (unpaired) electrons. The molecule has 0 saturated carbocycles. The zero-order chi connectivity index (χ0) is 15.3. The van der Waals surface area contributed by atoms with Crippen molar-refractivity contribution in [2.24, 2.45) is 0 Å². The van der Waals surface area contributed by atoms with E-state index in [1.165, 1.54) is 0 Å². The first-order valence-electron chi connectivity index (χ1n) is 7.21. The number of unbranched alkanes of at least 4 members (excludes halogenated alkanes) is 1. The van der Waals surface area contributed by atoms with Gasteiger partial charge in [0.25, 0.3) is 5.91 Å². The van der Waals surface area contributed by atoms with E-state index in [1.54, 1.807) is 18.3 Å². The number of anilines is 1. The Morgan fingerprint density at radius 3 is 2.81 bits per heavy atom. The van der Waals surface area contributed by atoms with Gasteiger partial charge >= 0.3 is 0 Å². The van der Waals surface area contributed by atoms with E-state index in [0.29, 0.717) is 18.7 Å². The molecule has 6 nitrogen and oxygen atoms in total. The van der Waals surface area contributed by atoms with Crippen LogP contribution in [0.3, 0.4) is 0 Å². The molecule has 21 heavy (non-hydrogen) atoms. The second kappa shape index (κ2) is 6.89. The Morgan fingerprint density at radius 1 is 1.43 bits per heavy atom. The van der Waals surface area contributed by atoms with E-state index in [0.717, 1.165) is 18.5 Å². The van der Waals surface area contributed by atoms with Crippen LogP contribution in [0.2, 0.25) is 0 Å². The van der Waals surface area contributed by atoms with Crippen LogP contribution in [0.25, 0.3) is 0 Å². The number of nitrogens with one attached hydrogen (secondary N) is 2. The maximum absolute atomic E-state index is 11.8. The summed E-state index contributed by atoms with van der Waals surface area (Å²) in [7, 11) is -2.90. The second-order valence-corrected chi connectivity index (χ2v) is 7.51. The lowest BCUT2D eigenvalue weighted by atomic mass is 10.2. The van der Waals surface area contributed by atoms with Crippen LogP contribution in [0.15, 0.2) is 18.3 Å². The lowest BCUT2D eigenvalue weighted by molar-refractivity contribution is 0.0948. The molecule has 2 heterocycles. The summed E-state index contributed by atoms with van der Waals surface area (Å²) in [6.07, 6.45) is 4.16. The minimum absolute atomic E-state index is 0.0685. The fraction of sp³-hybridized carbons (Fsp3) is 0.571. The lowest BCUT2D eigenvalue weighted by Crippen LogP contribution is -2.25. The van der Waals surface area contributed by atoms with E-state index < -0.39 is 9.84 Å². The van der Waals surface area contributed by atoms with Crippen molar-refractivity contribution in [1.82, 2.24) is 10.3 Å². The maximum atomic E-state index is 11.8. The van der Waals surface area contributed by atoms with Gasteiger partial charge in [-0.3, -0.25) is 4.79 Å². The van der Waals surface area contributed by atoms with Gasteiger partial charge in [0.1, 0.15) is 5.69 Å². The SMILES string of the molecule is CCCCNC(=O)c1ccc(NC2CCS(=O)(=O)C2)cn1. The van der Waals surface area contributed by atoms with Crippen molar-refractivity contribution in [3.8, 4) is 0 Å². The molecule has 1 aromatic rings. The van der Waals surface area contributed by atoms with Gasteiger partial charge < -0.3 is 10.6 Å². The normalized spacial score (nSPS) is 20.1. The second-order valence-electron chi connectivity index (χ2n) is 5.29. The number of amides is 1. The summed E-state index contributed by atoms with van der Waals surface area (Å²) in [5.74, 6) is 0.209. The first-order valence-corrected chi connectivity index (χ1v) is 9.03. The molecule has 2 N–H and O–H groups in total. The first-order chi connectivity index (χ1) is 10.00. The van der Waals surface area contributed by atoms with Crippen LogP contribution in [-0.2, 0) is 9.84 Å². The van der Waals surface area contributed by atoms with E-state index in [-0.39, 0.29) is 23.5 Å². The van der Waals surface area contributed by atoms with Gasteiger partial charge in [-0.1, -0.05) is 13.3 Å². The number of nitrogens with zero attached hydrogens (tertiary/aromatic N) is 1. The summed E-state index contributed by atoms with van der Waals surface area (Å²) >= 11 is 0. The molecule has 0 aromatic carbocycles. The Labute approximate surface area is 125 Å². The number of carbonyl (C=O) groups is 1. The average molecular weight is 311 g/mol. The van der Waals surface area contributed by atoms with E-state index in [1.807, 2.05) is 0 Å². The molecular formula is C14H21N3O3S. The Bertz CT molecular complexity index is 584. The van der Waals surface area contributed by atoms with Crippen molar-refractivity contribution >= 4 is 21.4 Å². The molecular weight excluding hydrogens is 290 g/mol. The maximum Gasteiger partial charge on any atom is 0.269 e. The van der Waals surface area contributed by atoms with E-state index >= 15 is 0 Å². The molecule has 1 amide bonds. The predicted molar refractivity (Wildman–Crippen MR) is 82.2 cm³/mol. The van der Waals surface area contributed by atoms with Gasteiger partial charge in [0.05, 0.1) is 23.4 Å². The molecule has 0 spiro atoms. The molecule has 1 atom stereocenters. The summed E-state index contributed by atoms with van der Waals surface area (Å²) in [4.78, 5) is 15.9. The molecule has 116 valence electrons. The Morgan fingerprint density at radius 2 is 2.24 bits per heavy atom. The van der Waals surface area contributed by atoms with Crippen molar-refractivity contribution in [3.05, 3.63) is 24.0 Å². The highest BCUT2D eigenvalue weighted by molar-refractivity contribution is 7.91. The molecule has 7 heteroatoms. The number of aromatic nitrogens is 1. The number of rotatable bonds is 6. The number of pyridine rings is 1. The average Bonchev–Trinajstić information content (AvgIpc) is 2.79. The van der Waals surface area contributed by atoms with Crippen LogP contribution >= 0.6 is 0 Å². The third kappa shape index (κ3) is 4.70. The van der Waals surface area contributed by atoms with Gasteiger partial charge in [0.15, 0.2) is 9.84 Å². The van der Waals surface area contributed by atoms with Crippen LogP contribution in [0.4, 0.5) is 5.69 Å². The third-order valence-electron chi connectivity index (χ3n) is 3.42. The summed E-state index contributed by atoms with van der Waals surface area (Å²) in [5.41, 5.74) is 1.11. The van der Waals surface area contributed by atoms with E-state index in [4.69, 9.17) is 0 Å². The molecule has 2 rings (SSSR count). The van der Waals surface area contributed by atoms with Gasteiger partial charge in [-0.25, -0.2) is 13.4 Å². The Balaban J connectivity index is 1.88. The highest BCUT2D eigenvalue weighted by Crippen LogP contribution is 2.17. The quantitative estimate of drug-likeness (QED) is 0.771. The van der Waals surface area contributed by atoms with Crippen LogP contribution in [-0.4, -0.2) is 43.4 Å². The molecule has 0 bridgehead atoms. The van der Waals surface area contributed by atoms with Crippen molar-refractivity contribution in [3.63, 3.8) is 0 Å². The fourth-order valence-corrected chi connectivity index (χ4v) is 3.90. The zero-order valence-electron chi connectivity index (χ0n) is 12.1. The smallest absolute Gasteiger partial charge is 0.269 e. The minimum atomic E-state index is -2.90. The first kappa shape index (κ1) is 15.8. The number of hydrogen-bond donors (Lipinski definition) is 2. The largest absolute Gasteiger partial charge is 0.380 e. The zero-order valence-corrected chi connectivity index (χ0v) is 12.9. The van der Waals surface area contributed by atoms with Crippen LogP contribution in [0, 0.1) is 0 Å². The Kier molecular flexibility index (Phi) is 5.17. The van der Waals surface area contributed by atoms with Gasteiger partial charge in [-0.2, -0.15) is 0 Å². The number of hydrogen-bond acceptors (Lipinski definition) is 5. The van der Waals surface area contributed by atoms with E-state index in [9.17, 15) is 13.2 Å². The monoisotopic (exact) mass is 311 g/mol. The molecule has 0 aliphatic carbocycles. The molecule has 1 aliphatic heterocycles. The summed E-state index contributed by atoms with van der Waals surface area (Å²) < 4.78 is 22.8. The van der Waals surface area contributed by atoms with Crippen LogP contribution in [0.1, 0.15) is 36.7 Å². The molecule has 1 aliphatic rings. The highest BCUT2D eigenvalue weighted by atomic mass is 32.2. The third-order valence-corrected chi connectivity index (χ3v) is 5.18. The van der Waals surface area contributed by atoms with Crippen molar-refractivity contribution < 1.29 is 13.2 Å². The highest BCUT2D eigenvalue weighted by Gasteiger charge is 2.27. The summed E-state index contributed by atoms with van der Waals surface area (Å²) in [6.45, 7) is 2.71. The van der Waals surface area contributed by atoms with E-state index in [2.05, 4.69) is 22.5 Å². The van der Waals surface area contributed by atoms with Gasteiger partial charge in [-0.05, 0) is 25.0 Å². The fourth-order valence-electron chi connectivity index (χ4n) is 2.23. The van der Waals surface area contributed by atoms with Gasteiger partial charge in [0, 0.05) is 12.6 Å². The summed E-state index contributed by atoms with van der Waals surface area (Å²) in [5, 5.41) is 5.94. The van der Waals surface area contributed by atoms with Crippen LogP contribution in [0.5, 0.6) is 0 Å². The number of carbonyl (C=O) groups excluding carboxylic acids is 1. The molecule has 1 aromatic heterocycles. The lowest BCUT2D eigenvalue weighted by Gasteiger charge is -2.12. The minimum Gasteiger partial charge on any atom is -0.380 e.